The molecule has 6 nitrogen and oxygen atoms in total. The highest BCUT2D eigenvalue weighted by Gasteiger charge is 2.23. The van der Waals surface area contributed by atoms with Gasteiger partial charge in [0.25, 0.3) is 5.91 Å². The van der Waals surface area contributed by atoms with Crippen LogP contribution in [0.2, 0.25) is 0 Å². The number of rotatable bonds is 6. The van der Waals surface area contributed by atoms with Crippen molar-refractivity contribution in [2.45, 2.75) is 39.2 Å². The molecule has 3 N–H and O–H groups in total. The second-order valence-electron chi connectivity index (χ2n) is 6.11. The van der Waals surface area contributed by atoms with Gasteiger partial charge in [-0.25, -0.2) is 9.07 Å². The summed E-state index contributed by atoms with van der Waals surface area (Å²) in [6.45, 7) is 5.73. The first-order valence-corrected chi connectivity index (χ1v) is 8.24. The zero-order chi connectivity index (χ0) is 18.6. The Morgan fingerprint density at radius 3 is 2.56 bits per heavy atom. The van der Waals surface area contributed by atoms with Gasteiger partial charge in [0, 0.05) is 23.8 Å². The van der Waals surface area contributed by atoms with Gasteiger partial charge in [-0.05, 0) is 31.9 Å². The third-order valence-corrected chi connectivity index (χ3v) is 4.41. The van der Waals surface area contributed by atoms with Crippen LogP contribution >= 0.6 is 0 Å². The number of para-hydroxylation sites is 1. The van der Waals surface area contributed by atoms with Crippen molar-refractivity contribution >= 4 is 5.91 Å². The zero-order valence-electron chi connectivity index (χ0n) is 14.7. The van der Waals surface area contributed by atoms with E-state index in [9.17, 15) is 14.0 Å². The molecule has 2 rings (SSSR count). The van der Waals surface area contributed by atoms with Crippen LogP contribution in [0, 0.1) is 12.7 Å². The maximum Gasteiger partial charge on any atom is 0.275 e. The predicted molar refractivity (Wildman–Crippen MR) is 94.4 cm³/mol. The van der Waals surface area contributed by atoms with E-state index in [2.05, 4.69) is 10.4 Å². The normalized spacial score (nSPS) is 11.4. The second kappa shape index (κ2) is 7.57. The number of nitrogens with one attached hydrogen (secondary N) is 1. The van der Waals surface area contributed by atoms with Gasteiger partial charge in [-0.2, -0.15) is 5.10 Å². The molecule has 1 heterocycles. The Kier molecular flexibility index (Phi) is 5.69. The van der Waals surface area contributed by atoms with Crippen molar-refractivity contribution in [3.8, 4) is 5.69 Å². The largest absolute Gasteiger partial charge is 0.349 e. The van der Waals surface area contributed by atoms with E-state index in [1.807, 2.05) is 13.8 Å². The molecule has 0 saturated heterocycles. The van der Waals surface area contributed by atoms with Gasteiger partial charge in [-0.3, -0.25) is 9.59 Å². The molecule has 0 fully saturated rings. The Labute approximate surface area is 145 Å². The topological polar surface area (TPSA) is 90.0 Å². The predicted octanol–water partition coefficient (Wildman–Crippen LogP) is 1.93. The van der Waals surface area contributed by atoms with Crippen molar-refractivity contribution < 1.29 is 9.18 Å². The SMILES string of the molecule is CCC(N)(CC)CNC(=O)c1nn(-c2ccccc2F)c(C)cc1=O. The van der Waals surface area contributed by atoms with Crippen LogP contribution in [0.5, 0.6) is 0 Å². The highest BCUT2D eigenvalue weighted by Crippen LogP contribution is 2.13. The summed E-state index contributed by atoms with van der Waals surface area (Å²) in [5.74, 6) is -1.11. The van der Waals surface area contributed by atoms with Crippen LogP contribution in [0.25, 0.3) is 5.69 Å². The fourth-order valence-electron chi connectivity index (χ4n) is 2.41. The first kappa shape index (κ1) is 18.8. The van der Waals surface area contributed by atoms with Crippen LogP contribution in [0.3, 0.4) is 0 Å². The standard InChI is InChI=1S/C18H23FN4O2/c1-4-18(20,5-2)11-21-17(25)16-15(24)10-12(3)23(22-16)14-9-7-6-8-13(14)19/h6-10H,4-5,11,20H2,1-3H3,(H,21,25). The van der Waals surface area contributed by atoms with E-state index in [1.54, 1.807) is 19.1 Å². The van der Waals surface area contributed by atoms with Crippen LogP contribution < -0.4 is 16.5 Å². The fraction of sp³-hybridized carbons (Fsp3) is 0.389. The summed E-state index contributed by atoms with van der Waals surface area (Å²) in [7, 11) is 0. The molecule has 0 radical (unpaired) electrons. The lowest BCUT2D eigenvalue weighted by molar-refractivity contribution is 0.0934. The minimum Gasteiger partial charge on any atom is -0.349 e. The third kappa shape index (κ3) is 4.11. The van der Waals surface area contributed by atoms with Gasteiger partial charge in [0.1, 0.15) is 11.5 Å². The van der Waals surface area contributed by atoms with Crippen molar-refractivity contribution in [1.29, 1.82) is 0 Å². The second-order valence-corrected chi connectivity index (χ2v) is 6.11. The highest BCUT2D eigenvalue weighted by atomic mass is 19.1. The number of hydrogen-bond acceptors (Lipinski definition) is 4. The van der Waals surface area contributed by atoms with Crippen LogP contribution in [0.15, 0.2) is 35.1 Å². The molecule has 7 heteroatoms. The average molecular weight is 346 g/mol. The van der Waals surface area contributed by atoms with Crippen LogP contribution in [-0.2, 0) is 0 Å². The number of carbonyl (C=O) groups excluding carboxylic acids is 1. The van der Waals surface area contributed by atoms with Crippen molar-refractivity contribution in [1.82, 2.24) is 15.1 Å². The third-order valence-electron chi connectivity index (χ3n) is 4.41. The minimum atomic E-state index is -0.619. The molecule has 0 aliphatic carbocycles. The molecule has 0 atom stereocenters. The van der Waals surface area contributed by atoms with Crippen molar-refractivity contribution in [2.24, 2.45) is 5.73 Å². The van der Waals surface area contributed by atoms with Crippen LogP contribution in [-0.4, -0.2) is 27.8 Å². The quantitative estimate of drug-likeness (QED) is 0.836. The zero-order valence-corrected chi connectivity index (χ0v) is 14.7. The summed E-state index contributed by atoms with van der Waals surface area (Å²) in [6.07, 6.45) is 1.37. The highest BCUT2D eigenvalue weighted by molar-refractivity contribution is 5.92. The molecular weight excluding hydrogens is 323 g/mol. The maximum atomic E-state index is 14.0. The Bertz CT molecular complexity index is 828. The van der Waals surface area contributed by atoms with Gasteiger partial charge in [-0.15, -0.1) is 0 Å². The molecule has 1 aromatic heterocycles. The number of halogens is 1. The maximum absolute atomic E-state index is 14.0. The van der Waals surface area contributed by atoms with E-state index < -0.39 is 22.7 Å². The van der Waals surface area contributed by atoms with Gasteiger partial charge in [-0.1, -0.05) is 26.0 Å². The van der Waals surface area contributed by atoms with E-state index in [0.717, 1.165) is 0 Å². The number of benzene rings is 1. The van der Waals surface area contributed by atoms with Crippen molar-refractivity contribution in [2.75, 3.05) is 6.54 Å². The van der Waals surface area contributed by atoms with Gasteiger partial charge < -0.3 is 11.1 Å². The fourth-order valence-corrected chi connectivity index (χ4v) is 2.41. The average Bonchev–Trinajstić information content (AvgIpc) is 2.60. The van der Waals surface area contributed by atoms with Gasteiger partial charge in [0.15, 0.2) is 5.69 Å². The number of aryl methyl sites for hydroxylation is 1. The van der Waals surface area contributed by atoms with Crippen molar-refractivity contribution in [3.63, 3.8) is 0 Å². The summed E-state index contributed by atoms with van der Waals surface area (Å²) in [4.78, 5) is 24.5. The summed E-state index contributed by atoms with van der Waals surface area (Å²) in [6, 6.07) is 7.30. The smallest absolute Gasteiger partial charge is 0.275 e. The molecule has 0 bridgehead atoms. The Morgan fingerprint density at radius 1 is 1.32 bits per heavy atom. The van der Waals surface area contributed by atoms with Gasteiger partial charge in [0.05, 0.1) is 0 Å². The summed E-state index contributed by atoms with van der Waals surface area (Å²) >= 11 is 0. The number of carbonyl (C=O) groups is 1. The number of amides is 1. The summed E-state index contributed by atoms with van der Waals surface area (Å²) in [5, 5.41) is 6.73. The summed E-state index contributed by atoms with van der Waals surface area (Å²) < 4.78 is 15.3. The first-order chi connectivity index (χ1) is 11.8. The molecule has 0 aliphatic heterocycles. The van der Waals surface area contributed by atoms with E-state index in [1.165, 1.54) is 22.9 Å². The Hall–Kier alpha value is -2.54. The van der Waals surface area contributed by atoms with Crippen molar-refractivity contribution in [3.05, 3.63) is 57.8 Å². The molecule has 0 unspecified atom stereocenters. The number of aromatic nitrogens is 2. The molecule has 25 heavy (non-hydrogen) atoms. The van der Waals surface area contributed by atoms with E-state index in [4.69, 9.17) is 5.73 Å². The van der Waals surface area contributed by atoms with Crippen LogP contribution in [0.1, 0.15) is 42.9 Å². The number of hydrogen-bond donors (Lipinski definition) is 2. The molecule has 0 spiro atoms. The molecule has 1 amide bonds. The summed E-state index contributed by atoms with van der Waals surface area (Å²) in [5.41, 5.74) is 5.42. The van der Waals surface area contributed by atoms with E-state index in [-0.39, 0.29) is 17.9 Å². The molecule has 0 saturated carbocycles. The lowest BCUT2D eigenvalue weighted by Gasteiger charge is -2.26. The monoisotopic (exact) mass is 346 g/mol. The lowest BCUT2D eigenvalue weighted by atomic mass is 9.94. The van der Waals surface area contributed by atoms with Crippen LogP contribution in [0.4, 0.5) is 4.39 Å². The van der Waals surface area contributed by atoms with Gasteiger partial charge >= 0.3 is 0 Å². The Morgan fingerprint density at radius 2 is 1.96 bits per heavy atom. The molecule has 2 aromatic rings. The number of nitrogens with two attached hydrogens (primary N) is 1. The molecular formula is C18H23FN4O2. The number of nitrogens with zero attached hydrogens (tertiary/aromatic N) is 2. The first-order valence-electron chi connectivity index (χ1n) is 8.24. The van der Waals surface area contributed by atoms with Gasteiger partial charge in [0.2, 0.25) is 5.43 Å². The van der Waals surface area contributed by atoms with E-state index in [0.29, 0.717) is 18.5 Å². The molecule has 1 aromatic carbocycles. The Balaban J connectivity index is 2.36. The van der Waals surface area contributed by atoms with E-state index >= 15 is 0 Å². The lowest BCUT2D eigenvalue weighted by Crippen LogP contribution is -2.50. The molecule has 134 valence electrons. The minimum absolute atomic E-state index is 0.171. The molecule has 0 aliphatic rings.